The van der Waals surface area contributed by atoms with E-state index in [1.807, 2.05) is 0 Å². The first-order valence-electron chi connectivity index (χ1n) is 5.68. The van der Waals surface area contributed by atoms with Crippen LogP contribution in [0.5, 0.6) is 17.4 Å². The van der Waals surface area contributed by atoms with Crippen LogP contribution in [0.4, 0.5) is 8.78 Å². The topological polar surface area (TPSA) is 47.3 Å². The van der Waals surface area contributed by atoms with Gasteiger partial charge in [-0.3, -0.25) is 0 Å². The van der Waals surface area contributed by atoms with E-state index in [1.165, 1.54) is 25.3 Å². The third-order valence-corrected chi connectivity index (χ3v) is 3.27. The predicted octanol–water partition coefficient (Wildman–Crippen LogP) is 4.81. The lowest BCUT2D eigenvalue weighted by Gasteiger charge is -2.10. The summed E-state index contributed by atoms with van der Waals surface area (Å²) in [6.07, 6.45) is -1.55. The molecule has 1 N–H and O–H groups in total. The van der Waals surface area contributed by atoms with Crippen LogP contribution >= 0.6 is 23.2 Å². The third-order valence-electron chi connectivity index (χ3n) is 2.68. The number of ether oxygens (including phenoxy) is 1. The summed E-state index contributed by atoms with van der Waals surface area (Å²) >= 11 is 11.6. The second kappa shape index (κ2) is 5.91. The van der Waals surface area contributed by atoms with Crippen LogP contribution in [0.15, 0.2) is 18.7 Å². The van der Waals surface area contributed by atoms with Gasteiger partial charge in [-0.25, -0.2) is 13.5 Å². The number of alkyl halides is 2. The number of nitrogens with zero attached hydrogens (tertiary/aromatic N) is 2. The van der Waals surface area contributed by atoms with Gasteiger partial charge >= 0.3 is 0 Å². The van der Waals surface area contributed by atoms with Crippen molar-refractivity contribution in [2.24, 2.45) is 7.05 Å². The molecule has 8 heteroatoms. The quantitative estimate of drug-likeness (QED) is 0.873. The second-order valence-electron chi connectivity index (χ2n) is 4.07. The molecular weight excluding hydrogens is 325 g/mol. The van der Waals surface area contributed by atoms with E-state index < -0.39 is 12.1 Å². The fourth-order valence-electron chi connectivity index (χ4n) is 1.72. The van der Waals surface area contributed by atoms with E-state index in [1.54, 1.807) is 0 Å². The lowest BCUT2D eigenvalue weighted by Crippen LogP contribution is -1.96. The number of phenols is 1. The number of halogens is 4. The van der Waals surface area contributed by atoms with Gasteiger partial charge in [0.05, 0.1) is 15.6 Å². The predicted molar refractivity (Wildman–Crippen MR) is 76.5 cm³/mol. The number of benzene rings is 1. The Labute approximate surface area is 129 Å². The molecule has 0 atom stereocenters. The molecular formula is C13H10Cl2F2N2O2. The van der Waals surface area contributed by atoms with Gasteiger partial charge in [-0.15, -0.1) is 0 Å². The van der Waals surface area contributed by atoms with Crippen molar-refractivity contribution in [2.75, 3.05) is 0 Å². The zero-order chi connectivity index (χ0) is 15.7. The molecule has 1 aromatic carbocycles. The van der Waals surface area contributed by atoms with Crippen molar-refractivity contribution in [3.8, 4) is 17.4 Å². The standard InChI is InChI=1S/C13H10Cl2F2N2O2/c1-3-6-11(12(16)17)18-19(2)13(6)21-10-5-9(20)7(14)4-8(10)15/h3-5,12,20H,1H2,2H3. The van der Waals surface area contributed by atoms with Gasteiger partial charge in [0.15, 0.2) is 5.75 Å². The van der Waals surface area contributed by atoms with Gasteiger partial charge in [-0.05, 0) is 6.07 Å². The number of aromatic nitrogens is 2. The van der Waals surface area contributed by atoms with Crippen molar-refractivity contribution in [3.05, 3.63) is 40.0 Å². The molecule has 2 rings (SSSR count). The van der Waals surface area contributed by atoms with Gasteiger partial charge in [0, 0.05) is 13.1 Å². The maximum atomic E-state index is 12.9. The van der Waals surface area contributed by atoms with E-state index >= 15 is 0 Å². The van der Waals surface area contributed by atoms with Crippen molar-refractivity contribution < 1.29 is 18.6 Å². The zero-order valence-electron chi connectivity index (χ0n) is 10.8. The van der Waals surface area contributed by atoms with Gasteiger partial charge in [0.25, 0.3) is 6.43 Å². The fourth-order valence-corrected chi connectivity index (χ4v) is 2.14. The van der Waals surface area contributed by atoms with Gasteiger partial charge in [0.1, 0.15) is 11.4 Å². The third kappa shape index (κ3) is 2.96. The van der Waals surface area contributed by atoms with Crippen LogP contribution in [0.3, 0.4) is 0 Å². The molecule has 2 aromatic rings. The summed E-state index contributed by atoms with van der Waals surface area (Å²) in [5.74, 6) is -0.151. The van der Waals surface area contributed by atoms with Crippen molar-refractivity contribution in [3.63, 3.8) is 0 Å². The maximum Gasteiger partial charge on any atom is 0.282 e. The highest BCUT2D eigenvalue weighted by atomic mass is 35.5. The first-order chi connectivity index (χ1) is 9.85. The van der Waals surface area contributed by atoms with E-state index in [-0.39, 0.29) is 33.0 Å². The van der Waals surface area contributed by atoms with Crippen LogP contribution in [0.2, 0.25) is 10.0 Å². The Balaban J connectivity index is 2.49. The molecule has 0 aliphatic rings. The Morgan fingerprint density at radius 2 is 2.05 bits per heavy atom. The minimum Gasteiger partial charge on any atom is -0.506 e. The maximum absolute atomic E-state index is 12.9. The summed E-state index contributed by atoms with van der Waals surface area (Å²) in [5.41, 5.74) is -0.394. The molecule has 0 amide bonds. The van der Waals surface area contributed by atoms with Gasteiger partial charge in [-0.2, -0.15) is 5.10 Å². The number of phenolic OH excluding ortho intramolecular Hbond substituents is 1. The molecule has 0 fully saturated rings. The van der Waals surface area contributed by atoms with Crippen LogP contribution in [0, 0.1) is 0 Å². The molecule has 0 aliphatic heterocycles. The molecule has 112 valence electrons. The summed E-state index contributed by atoms with van der Waals surface area (Å²) < 4.78 is 32.4. The lowest BCUT2D eigenvalue weighted by atomic mass is 10.2. The Morgan fingerprint density at radius 3 is 2.62 bits per heavy atom. The van der Waals surface area contributed by atoms with Crippen molar-refractivity contribution in [1.29, 1.82) is 0 Å². The number of aromatic hydroxyl groups is 1. The smallest absolute Gasteiger partial charge is 0.282 e. The second-order valence-corrected chi connectivity index (χ2v) is 4.88. The molecule has 0 radical (unpaired) electrons. The van der Waals surface area contributed by atoms with Gasteiger partial charge in [0.2, 0.25) is 5.88 Å². The number of hydrogen-bond donors (Lipinski definition) is 1. The molecule has 1 aromatic heterocycles. The first-order valence-corrected chi connectivity index (χ1v) is 6.44. The Morgan fingerprint density at radius 1 is 1.38 bits per heavy atom. The highest BCUT2D eigenvalue weighted by Crippen LogP contribution is 2.39. The molecule has 0 saturated heterocycles. The normalized spacial score (nSPS) is 11.0. The molecule has 0 aliphatic carbocycles. The van der Waals surface area contributed by atoms with E-state index in [0.29, 0.717) is 0 Å². The summed E-state index contributed by atoms with van der Waals surface area (Å²) in [6, 6.07) is 2.47. The van der Waals surface area contributed by atoms with Gasteiger partial charge < -0.3 is 9.84 Å². The summed E-state index contributed by atoms with van der Waals surface area (Å²) in [6.45, 7) is 3.47. The minimum absolute atomic E-state index is 0.0314. The molecule has 1 heterocycles. The molecule has 0 unspecified atom stereocenters. The highest BCUT2D eigenvalue weighted by Gasteiger charge is 2.23. The monoisotopic (exact) mass is 334 g/mol. The number of hydrogen-bond acceptors (Lipinski definition) is 3. The Hall–Kier alpha value is -1.79. The van der Waals surface area contributed by atoms with E-state index in [9.17, 15) is 13.9 Å². The van der Waals surface area contributed by atoms with Crippen LogP contribution in [-0.4, -0.2) is 14.9 Å². The molecule has 4 nitrogen and oxygen atoms in total. The SMILES string of the molecule is C=Cc1c(C(F)F)nn(C)c1Oc1cc(O)c(Cl)cc1Cl. The summed E-state index contributed by atoms with van der Waals surface area (Å²) in [5, 5.41) is 13.4. The largest absolute Gasteiger partial charge is 0.506 e. The Bertz CT molecular complexity index is 702. The fraction of sp³-hybridized carbons (Fsp3) is 0.154. The average molecular weight is 335 g/mol. The molecule has 0 spiro atoms. The summed E-state index contributed by atoms with van der Waals surface area (Å²) in [7, 11) is 1.44. The highest BCUT2D eigenvalue weighted by molar-refractivity contribution is 6.36. The van der Waals surface area contributed by atoms with Crippen LogP contribution < -0.4 is 4.74 Å². The summed E-state index contributed by atoms with van der Waals surface area (Å²) in [4.78, 5) is 0. The van der Waals surface area contributed by atoms with Crippen molar-refractivity contribution in [1.82, 2.24) is 9.78 Å². The van der Waals surface area contributed by atoms with Crippen molar-refractivity contribution >= 4 is 29.3 Å². The van der Waals surface area contributed by atoms with E-state index in [4.69, 9.17) is 27.9 Å². The Kier molecular flexibility index (Phi) is 4.39. The molecule has 21 heavy (non-hydrogen) atoms. The van der Waals surface area contributed by atoms with Crippen LogP contribution in [0.25, 0.3) is 6.08 Å². The van der Waals surface area contributed by atoms with Gasteiger partial charge in [-0.1, -0.05) is 35.9 Å². The zero-order valence-corrected chi connectivity index (χ0v) is 12.3. The average Bonchev–Trinajstić information content (AvgIpc) is 2.73. The van der Waals surface area contributed by atoms with E-state index in [0.717, 1.165) is 4.68 Å². The molecule has 0 bridgehead atoms. The first kappa shape index (κ1) is 15.6. The molecule has 0 saturated carbocycles. The van der Waals surface area contributed by atoms with Crippen LogP contribution in [-0.2, 0) is 7.05 Å². The lowest BCUT2D eigenvalue weighted by molar-refractivity contribution is 0.145. The number of rotatable bonds is 4. The van der Waals surface area contributed by atoms with Crippen molar-refractivity contribution in [2.45, 2.75) is 6.43 Å². The number of aryl methyl sites for hydroxylation is 1. The van der Waals surface area contributed by atoms with E-state index in [2.05, 4.69) is 11.7 Å². The van der Waals surface area contributed by atoms with Crippen LogP contribution in [0.1, 0.15) is 17.7 Å². The minimum atomic E-state index is -2.77.